The van der Waals surface area contributed by atoms with Crippen LogP contribution in [0.1, 0.15) is 23.3 Å². The molecule has 0 aliphatic carbocycles. The molecule has 0 saturated carbocycles. The average molecular weight is 231 g/mol. The van der Waals surface area contributed by atoms with Crippen molar-refractivity contribution in [1.29, 1.82) is 0 Å². The topological polar surface area (TPSA) is 45.2 Å². The molecule has 0 unspecified atom stereocenters. The molecule has 4 nitrogen and oxygen atoms in total. The van der Waals surface area contributed by atoms with Crippen LogP contribution in [-0.2, 0) is 0 Å². The van der Waals surface area contributed by atoms with Crippen LogP contribution in [0.25, 0.3) is 0 Å². The Hall–Kier alpha value is -1.84. The minimum absolute atomic E-state index is 0.155. The lowest BCUT2D eigenvalue weighted by Gasteiger charge is -2.16. The van der Waals surface area contributed by atoms with E-state index < -0.39 is 0 Å². The summed E-state index contributed by atoms with van der Waals surface area (Å²) in [5, 5.41) is 2.70. The van der Waals surface area contributed by atoms with Gasteiger partial charge in [0.1, 0.15) is 5.69 Å². The van der Waals surface area contributed by atoms with E-state index in [0.29, 0.717) is 12.2 Å². The van der Waals surface area contributed by atoms with E-state index in [2.05, 4.69) is 21.8 Å². The first-order chi connectivity index (χ1) is 8.31. The smallest absolute Gasteiger partial charge is 0.270 e. The fourth-order valence-corrected chi connectivity index (χ4v) is 1.94. The van der Waals surface area contributed by atoms with Crippen molar-refractivity contribution in [2.24, 2.45) is 0 Å². The maximum atomic E-state index is 11.6. The van der Waals surface area contributed by atoms with Gasteiger partial charge in [0.15, 0.2) is 0 Å². The van der Waals surface area contributed by atoms with E-state index in [-0.39, 0.29) is 5.91 Å². The third-order valence-corrected chi connectivity index (χ3v) is 2.86. The highest BCUT2D eigenvalue weighted by Crippen LogP contribution is 2.18. The lowest BCUT2D eigenvalue weighted by Crippen LogP contribution is -2.24. The fraction of sp³-hybridized carbons (Fsp3) is 0.385. The Morgan fingerprint density at radius 3 is 2.82 bits per heavy atom. The number of carbonyl (C=O) groups excluding carboxylic acids is 1. The molecule has 0 spiro atoms. The minimum Gasteiger partial charge on any atom is -0.370 e. The fourth-order valence-electron chi connectivity index (χ4n) is 1.94. The first-order valence-corrected chi connectivity index (χ1v) is 5.91. The average Bonchev–Trinajstić information content (AvgIpc) is 2.90. The van der Waals surface area contributed by atoms with E-state index in [9.17, 15) is 4.79 Å². The molecule has 1 aromatic rings. The lowest BCUT2D eigenvalue weighted by atomic mass is 10.3. The Morgan fingerprint density at radius 2 is 2.24 bits per heavy atom. The summed E-state index contributed by atoms with van der Waals surface area (Å²) >= 11 is 0. The van der Waals surface area contributed by atoms with E-state index >= 15 is 0 Å². The molecule has 1 aromatic heterocycles. The molecule has 90 valence electrons. The molecule has 2 heterocycles. The molecule has 0 atom stereocenters. The van der Waals surface area contributed by atoms with Crippen LogP contribution in [0.5, 0.6) is 0 Å². The van der Waals surface area contributed by atoms with Crippen molar-refractivity contribution in [3.05, 3.63) is 36.7 Å². The standard InChI is InChI=1S/C13H17N3O/c1-2-7-14-13(17)12-6-5-11(10-15-12)16-8-3-4-9-16/h2,5-6,10H,1,3-4,7-9H2,(H,14,17). The van der Waals surface area contributed by atoms with Gasteiger partial charge in [0, 0.05) is 19.6 Å². The number of pyridine rings is 1. The van der Waals surface area contributed by atoms with Gasteiger partial charge in [-0.1, -0.05) is 6.08 Å². The minimum atomic E-state index is -0.155. The van der Waals surface area contributed by atoms with Gasteiger partial charge in [0.2, 0.25) is 0 Å². The molecule has 4 heteroatoms. The number of hydrogen-bond acceptors (Lipinski definition) is 3. The van der Waals surface area contributed by atoms with Crippen molar-refractivity contribution in [1.82, 2.24) is 10.3 Å². The number of nitrogens with one attached hydrogen (secondary N) is 1. The monoisotopic (exact) mass is 231 g/mol. The lowest BCUT2D eigenvalue weighted by molar-refractivity contribution is 0.0953. The quantitative estimate of drug-likeness (QED) is 0.800. The van der Waals surface area contributed by atoms with E-state index in [1.165, 1.54) is 12.8 Å². The second-order valence-electron chi connectivity index (χ2n) is 4.09. The van der Waals surface area contributed by atoms with Crippen LogP contribution in [0.3, 0.4) is 0 Å². The van der Waals surface area contributed by atoms with Gasteiger partial charge in [-0.05, 0) is 25.0 Å². The number of nitrogens with zero attached hydrogens (tertiary/aromatic N) is 2. The van der Waals surface area contributed by atoms with Crippen molar-refractivity contribution in [3.8, 4) is 0 Å². The predicted octanol–water partition coefficient (Wildman–Crippen LogP) is 1.60. The molecule has 0 radical (unpaired) electrons. The maximum Gasteiger partial charge on any atom is 0.270 e. The van der Waals surface area contributed by atoms with Gasteiger partial charge in [-0.15, -0.1) is 6.58 Å². The summed E-state index contributed by atoms with van der Waals surface area (Å²) in [7, 11) is 0. The molecule has 1 aliphatic heterocycles. The van der Waals surface area contributed by atoms with E-state index in [4.69, 9.17) is 0 Å². The van der Waals surface area contributed by atoms with Crippen LogP contribution in [0.2, 0.25) is 0 Å². The Labute approximate surface area is 101 Å². The molecule has 2 rings (SSSR count). The summed E-state index contributed by atoms with van der Waals surface area (Å²) in [5.41, 5.74) is 1.55. The highest BCUT2D eigenvalue weighted by atomic mass is 16.1. The van der Waals surface area contributed by atoms with Crippen LogP contribution in [0.15, 0.2) is 31.0 Å². The molecule has 0 bridgehead atoms. The molecular weight excluding hydrogens is 214 g/mol. The summed E-state index contributed by atoms with van der Waals surface area (Å²) < 4.78 is 0. The Balaban J connectivity index is 2.01. The summed E-state index contributed by atoms with van der Waals surface area (Å²) in [5.74, 6) is -0.155. The number of rotatable bonds is 4. The molecule has 1 amide bonds. The highest BCUT2D eigenvalue weighted by Gasteiger charge is 2.13. The first-order valence-electron chi connectivity index (χ1n) is 5.91. The van der Waals surface area contributed by atoms with Crippen LogP contribution < -0.4 is 10.2 Å². The highest BCUT2D eigenvalue weighted by molar-refractivity contribution is 5.92. The van der Waals surface area contributed by atoms with E-state index in [1.54, 1.807) is 18.3 Å². The normalized spacial score (nSPS) is 14.7. The summed E-state index contributed by atoms with van der Waals surface area (Å²) in [6, 6.07) is 3.73. The molecular formula is C13H17N3O. The number of carbonyl (C=O) groups is 1. The second-order valence-corrected chi connectivity index (χ2v) is 4.09. The van der Waals surface area contributed by atoms with Gasteiger partial charge >= 0.3 is 0 Å². The molecule has 1 N–H and O–H groups in total. The molecule has 1 aliphatic rings. The third-order valence-electron chi connectivity index (χ3n) is 2.86. The van der Waals surface area contributed by atoms with Crippen molar-refractivity contribution in [3.63, 3.8) is 0 Å². The third kappa shape index (κ3) is 2.84. The van der Waals surface area contributed by atoms with Crippen molar-refractivity contribution < 1.29 is 4.79 Å². The predicted molar refractivity (Wildman–Crippen MR) is 68.2 cm³/mol. The van der Waals surface area contributed by atoms with E-state index in [0.717, 1.165) is 18.8 Å². The first kappa shape index (κ1) is 11.6. The molecule has 17 heavy (non-hydrogen) atoms. The largest absolute Gasteiger partial charge is 0.370 e. The second kappa shape index (κ2) is 5.48. The van der Waals surface area contributed by atoms with Gasteiger partial charge in [-0.25, -0.2) is 4.98 Å². The molecule has 1 fully saturated rings. The summed E-state index contributed by atoms with van der Waals surface area (Å²) in [6.07, 6.45) is 5.90. The Morgan fingerprint density at radius 1 is 1.47 bits per heavy atom. The Kier molecular flexibility index (Phi) is 3.75. The molecule has 1 saturated heterocycles. The van der Waals surface area contributed by atoms with Gasteiger partial charge in [-0.2, -0.15) is 0 Å². The van der Waals surface area contributed by atoms with Gasteiger partial charge in [0.05, 0.1) is 11.9 Å². The molecule has 0 aromatic carbocycles. The van der Waals surface area contributed by atoms with Gasteiger partial charge in [0.25, 0.3) is 5.91 Å². The van der Waals surface area contributed by atoms with Crippen LogP contribution in [-0.4, -0.2) is 30.5 Å². The zero-order valence-corrected chi connectivity index (χ0v) is 9.85. The van der Waals surface area contributed by atoms with Gasteiger partial charge in [-0.3, -0.25) is 4.79 Å². The Bertz CT molecular complexity index is 394. The number of amides is 1. The van der Waals surface area contributed by atoms with Crippen molar-refractivity contribution in [2.45, 2.75) is 12.8 Å². The zero-order valence-electron chi connectivity index (χ0n) is 9.85. The zero-order chi connectivity index (χ0) is 12.1. The van der Waals surface area contributed by atoms with Gasteiger partial charge < -0.3 is 10.2 Å². The number of aromatic nitrogens is 1. The number of anilines is 1. The summed E-state index contributed by atoms with van der Waals surface area (Å²) in [4.78, 5) is 18.1. The van der Waals surface area contributed by atoms with Crippen molar-refractivity contribution in [2.75, 3.05) is 24.5 Å². The SMILES string of the molecule is C=CCNC(=O)c1ccc(N2CCCC2)cn1. The van der Waals surface area contributed by atoms with Crippen LogP contribution >= 0.6 is 0 Å². The summed E-state index contributed by atoms with van der Waals surface area (Å²) in [6.45, 7) is 6.19. The van der Waals surface area contributed by atoms with Crippen molar-refractivity contribution >= 4 is 11.6 Å². The van der Waals surface area contributed by atoms with Crippen LogP contribution in [0.4, 0.5) is 5.69 Å². The number of hydrogen-bond donors (Lipinski definition) is 1. The van der Waals surface area contributed by atoms with E-state index in [1.807, 2.05) is 6.07 Å². The van der Waals surface area contributed by atoms with Crippen LogP contribution in [0, 0.1) is 0 Å². The maximum absolute atomic E-state index is 11.6.